The third kappa shape index (κ3) is 5.83. The van der Waals surface area contributed by atoms with Crippen LogP contribution < -0.4 is 5.73 Å². The predicted octanol–water partition coefficient (Wildman–Crippen LogP) is 0.900. The van der Waals surface area contributed by atoms with Crippen molar-refractivity contribution in [3.05, 3.63) is 12.4 Å². The van der Waals surface area contributed by atoms with Gasteiger partial charge >= 0.3 is 16.4 Å². The second kappa shape index (κ2) is 8.11. The van der Waals surface area contributed by atoms with Gasteiger partial charge in [-0.1, -0.05) is 20.4 Å². The Morgan fingerprint density at radius 2 is 1.79 bits per heavy atom. The van der Waals surface area contributed by atoms with Gasteiger partial charge in [-0.15, -0.1) is 4.28 Å². The molecule has 2 N–H and O–H groups in total. The maximum Gasteiger partial charge on any atom is 0.421 e. The summed E-state index contributed by atoms with van der Waals surface area (Å²) >= 11 is 0. The molecule has 2 atom stereocenters. The molecule has 2 fully saturated rings. The van der Waals surface area contributed by atoms with Gasteiger partial charge in [0.1, 0.15) is 11.9 Å². The van der Waals surface area contributed by atoms with E-state index >= 15 is 0 Å². The van der Waals surface area contributed by atoms with Crippen molar-refractivity contribution >= 4 is 22.3 Å². The zero-order chi connectivity index (χ0) is 22.2. The highest BCUT2D eigenvalue weighted by molar-refractivity contribution is 7.81. The lowest BCUT2D eigenvalue weighted by Gasteiger charge is -2.29. The van der Waals surface area contributed by atoms with Crippen LogP contribution in [-0.2, 0) is 33.2 Å². The number of hydrogen-bond donors (Lipinski definition) is 1. The van der Waals surface area contributed by atoms with Gasteiger partial charge in [-0.2, -0.15) is 8.42 Å². The Labute approximate surface area is 172 Å². The maximum atomic E-state index is 12.3. The first kappa shape index (κ1) is 23.4. The summed E-state index contributed by atoms with van der Waals surface area (Å²) in [6.45, 7) is 12.6. The number of hydroxylamine groups is 2. The van der Waals surface area contributed by atoms with Crippen LogP contribution in [0, 0.1) is 10.8 Å². The molecule has 1 amide bonds. The quantitative estimate of drug-likeness (QED) is 0.555. The van der Waals surface area contributed by atoms with Crippen molar-refractivity contribution in [3.8, 4) is 0 Å². The van der Waals surface area contributed by atoms with E-state index in [2.05, 4.69) is 6.58 Å². The summed E-state index contributed by atoms with van der Waals surface area (Å²) in [4.78, 5) is 25.1. The molecule has 2 heterocycles. The molecule has 0 aliphatic carbocycles. The van der Waals surface area contributed by atoms with Gasteiger partial charge in [0, 0.05) is 12.0 Å². The second-order valence-electron chi connectivity index (χ2n) is 9.28. The van der Waals surface area contributed by atoms with Gasteiger partial charge in [0.15, 0.2) is 0 Å². The van der Waals surface area contributed by atoms with Gasteiger partial charge in [-0.3, -0.25) is 9.59 Å². The highest BCUT2D eigenvalue weighted by Crippen LogP contribution is 2.35. The Bertz CT molecular complexity index is 773. The molecule has 0 unspecified atom stereocenters. The first-order chi connectivity index (χ1) is 13.1. The highest BCUT2D eigenvalue weighted by atomic mass is 32.3. The molecule has 166 valence electrons. The van der Waals surface area contributed by atoms with Gasteiger partial charge in [0.25, 0.3) is 0 Å². The van der Waals surface area contributed by atoms with Crippen molar-refractivity contribution in [2.24, 2.45) is 16.6 Å². The molecular weight excluding hydrogens is 402 g/mol. The van der Waals surface area contributed by atoms with Crippen LogP contribution in [-0.4, -0.2) is 62.1 Å². The van der Waals surface area contributed by atoms with Crippen molar-refractivity contribution in [1.29, 1.82) is 0 Å². The SMILES string of the molecule is C=C1N2C[C@@H](CC[C@H]2C(N)=O)N1OS(=O)(=O)OCC(C)(C)COC(=O)C(C)(C)C. The molecule has 2 aliphatic heterocycles. The van der Waals surface area contributed by atoms with Crippen molar-refractivity contribution in [2.75, 3.05) is 19.8 Å². The zero-order valence-electron chi connectivity index (χ0n) is 17.6. The van der Waals surface area contributed by atoms with Crippen LogP contribution in [0.1, 0.15) is 47.5 Å². The fourth-order valence-electron chi connectivity index (χ4n) is 3.04. The second-order valence-corrected chi connectivity index (χ2v) is 10.5. The summed E-state index contributed by atoms with van der Waals surface area (Å²) < 4.78 is 40.0. The summed E-state index contributed by atoms with van der Waals surface area (Å²) in [5.74, 6) is -0.623. The number of esters is 1. The minimum absolute atomic E-state index is 0.00819. The van der Waals surface area contributed by atoms with Crippen molar-refractivity contribution < 1.29 is 31.2 Å². The Kier molecular flexibility index (Phi) is 6.56. The number of primary amides is 1. The average molecular weight is 434 g/mol. The van der Waals surface area contributed by atoms with Crippen molar-refractivity contribution in [1.82, 2.24) is 9.96 Å². The van der Waals surface area contributed by atoms with Crippen molar-refractivity contribution in [2.45, 2.75) is 59.5 Å². The zero-order valence-corrected chi connectivity index (χ0v) is 18.5. The topological polar surface area (TPSA) is 128 Å². The van der Waals surface area contributed by atoms with Crippen LogP contribution in [0.2, 0.25) is 0 Å². The highest BCUT2D eigenvalue weighted by Gasteiger charge is 2.45. The third-order valence-electron chi connectivity index (χ3n) is 4.77. The predicted molar refractivity (Wildman–Crippen MR) is 104 cm³/mol. The smallest absolute Gasteiger partial charge is 0.421 e. The lowest BCUT2D eigenvalue weighted by Crippen LogP contribution is -2.46. The number of fused-ring (bicyclic) bond motifs is 2. The molecule has 0 radical (unpaired) electrons. The molecule has 11 heteroatoms. The van der Waals surface area contributed by atoms with Crippen LogP contribution in [0.5, 0.6) is 0 Å². The van der Waals surface area contributed by atoms with E-state index in [0.29, 0.717) is 19.4 Å². The van der Waals surface area contributed by atoms with E-state index in [4.69, 9.17) is 18.9 Å². The number of ether oxygens (including phenoxy) is 1. The van der Waals surface area contributed by atoms with E-state index in [-0.39, 0.29) is 31.0 Å². The van der Waals surface area contributed by atoms with E-state index in [0.717, 1.165) is 5.06 Å². The van der Waals surface area contributed by atoms with Gasteiger partial charge in [0.2, 0.25) is 5.91 Å². The average Bonchev–Trinajstić information content (AvgIpc) is 2.81. The Morgan fingerprint density at radius 1 is 1.17 bits per heavy atom. The van der Waals surface area contributed by atoms with Crippen LogP contribution in [0.3, 0.4) is 0 Å². The fraction of sp³-hybridized carbons (Fsp3) is 0.778. The lowest BCUT2D eigenvalue weighted by molar-refractivity contribution is -0.156. The molecular formula is C18H31N3O7S. The Hall–Kier alpha value is -1.85. The van der Waals surface area contributed by atoms with Gasteiger partial charge in [-0.05, 0) is 33.6 Å². The first-order valence-electron chi connectivity index (χ1n) is 9.43. The maximum absolute atomic E-state index is 12.3. The summed E-state index contributed by atoms with van der Waals surface area (Å²) in [5.41, 5.74) is 3.99. The largest absolute Gasteiger partial charge is 0.465 e. The fourth-order valence-corrected chi connectivity index (χ4v) is 3.95. The first-order valence-corrected chi connectivity index (χ1v) is 10.8. The molecule has 2 rings (SSSR count). The number of nitrogens with zero attached hydrogens (tertiary/aromatic N) is 2. The molecule has 2 bridgehead atoms. The molecule has 0 aromatic heterocycles. The van der Waals surface area contributed by atoms with Gasteiger partial charge in [-0.25, -0.2) is 9.25 Å². The summed E-state index contributed by atoms with van der Waals surface area (Å²) in [7, 11) is -4.39. The van der Waals surface area contributed by atoms with Crippen LogP contribution in [0.25, 0.3) is 0 Å². The summed E-state index contributed by atoms with van der Waals surface area (Å²) in [6, 6.07) is -0.801. The number of hydrogen-bond acceptors (Lipinski definition) is 9. The van der Waals surface area contributed by atoms with Gasteiger partial charge < -0.3 is 15.4 Å². The minimum atomic E-state index is -4.39. The van der Waals surface area contributed by atoms with E-state index in [1.54, 1.807) is 39.5 Å². The number of piperidine rings is 1. The number of carbonyl (C=O) groups is 2. The molecule has 2 aliphatic rings. The van der Waals surface area contributed by atoms with E-state index in [1.165, 1.54) is 0 Å². The molecule has 29 heavy (non-hydrogen) atoms. The monoisotopic (exact) mass is 433 g/mol. The van der Waals surface area contributed by atoms with E-state index in [1.807, 2.05) is 0 Å². The summed E-state index contributed by atoms with van der Waals surface area (Å²) in [6.07, 6.45) is 1.03. The molecule has 0 aromatic rings. The van der Waals surface area contributed by atoms with Crippen LogP contribution in [0.4, 0.5) is 0 Å². The Morgan fingerprint density at radius 3 is 2.34 bits per heavy atom. The van der Waals surface area contributed by atoms with Crippen LogP contribution >= 0.6 is 0 Å². The molecule has 0 spiro atoms. The standard InChI is InChI=1S/C18H31N3O7S/c1-12-20-9-13(7-8-14(20)15(19)22)21(12)28-29(24,25)27-11-18(5,6)10-26-16(23)17(2,3)4/h13-14H,1,7-11H2,2-6H3,(H2,19,22)/t13-,14+/m1/s1. The van der Waals surface area contributed by atoms with Crippen molar-refractivity contribution in [3.63, 3.8) is 0 Å². The number of rotatable bonds is 8. The summed E-state index contributed by atoms with van der Waals surface area (Å²) in [5, 5.41) is 1.16. The number of nitrogens with two attached hydrogens (primary N) is 1. The molecule has 2 saturated heterocycles. The Balaban J connectivity index is 1.92. The number of carbonyl (C=O) groups excluding carboxylic acids is 2. The molecule has 0 saturated carbocycles. The minimum Gasteiger partial charge on any atom is -0.465 e. The van der Waals surface area contributed by atoms with E-state index < -0.39 is 33.2 Å². The lowest BCUT2D eigenvalue weighted by atomic mass is 9.95. The van der Waals surface area contributed by atoms with Gasteiger partial charge in [0.05, 0.1) is 24.7 Å². The normalized spacial score (nSPS) is 22.7. The van der Waals surface area contributed by atoms with E-state index in [9.17, 15) is 18.0 Å². The van der Waals surface area contributed by atoms with Crippen LogP contribution in [0.15, 0.2) is 12.4 Å². The molecule has 0 aromatic carbocycles. The third-order valence-corrected chi connectivity index (χ3v) is 5.52. The molecule has 10 nitrogen and oxygen atoms in total. The number of amides is 1.